The van der Waals surface area contributed by atoms with Crippen molar-refractivity contribution >= 4 is 34.0 Å². The zero-order valence-corrected chi connectivity index (χ0v) is 21.0. The molecule has 0 heterocycles. The summed E-state index contributed by atoms with van der Waals surface area (Å²) in [5, 5.41) is 26.1. The Kier molecular flexibility index (Phi) is 13.3. The Morgan fingerprint density at radius 3 is 1.73 bits per heavy atom. The standard InChI is InChI=1S/C24H34N2O2.2BrH/c27-23-11-10-20(16-24(23)28)13-15-26-18-22-8-6-21(7-9-22)17-25-14-12-19-4-2-1-3-5-19;;/h1-5,10-11,16,21-22,25-28H,6-9,12-15,17-18H2;2*1H. The quantitative estimate of drug-likeness (QED) is 0.251. The largest absolute Gasteiger partial charge is 0.504 e. The third kappa shape index (κ3) is 9.38. The van der Waals surface area contributed by atoms with Gasteiger partial charge in [-0.1, -0.05) is 36.4 Å². The maximum absolute atomic E-state index is 9.55. The highest BCUT2D eigenvalue weighted by Crippen LogP contribution is 2.28. The van der Waals surface area contributed by atoms with Gasteiger partial charge < -0.3 is 20.8 Å². The van der Waals surface area contributed by atoms with E-state index in [0.717, 1.165) is 56.4 Å². The summed E-state index contributed by atoms with van der Waals surface area (Å²) in [6, 6.07) is 15.8. The van der Waals surface area contributed by atoms with Gasteiger partial charge in [0.25, 0.3) is 0 Å². The Hall–Kier alpha value is -1.08. The molecule has 1 saturated carbocycles. The van der Waals surface area contributed by atoms with Crippen LogP contribution in [0.25, 0.3) is 0 Å². The fourth-order valence-corrected chi connectivity index (χ4v) is 4.09. The molecule has 0 radical (unpaired) electrons. The summed E-state index contributed by atoms with van der Waals surface area (Å²) in [6.07, 6.45) is 7.27. The summed E-state index contributed by atoms with van der Waals surface area (Å²) in [5.74, 6) is 1.53. The maximum atomic E-state index is 9.55. The second-order valence-electron chi connectivity index (χ2n) is 8.10. The fourth-order valence-electron chi connectivity index (χ4n) is 4.09. The summed E-state index contributed by atoms with van der Waals surface area (Å²) < 4.78 is 0. The van der Waals surface area contributed by atoms with Gasteiger partial charge in [-0.05, 0) is 99.8 Å². The van der Waals surface area contributed by atoms with Gasteiger partial charge in [-0.3, -0.25) is 0 Å². The zero-order valence-electron chi connectivity index (χ0n) is 17.6. The Morgan fingerprint density at radius 2 is 1.20 bits per heavy atom. The molecular formula is C24H36Br2N2O2. The van der Waals surface area contributed by atoms with Crippen LogP contribution in [0.5, 0.6) is 11.5 Å². The van der Waals surface area contributed by atoms with Crippen molar-refractivity contribution in [2.45, 2.75) is 38.5 Å². The Labute approximate surface area is 202 Å². The molecule has 0 aromatic heterocycles. The van der Waals surface area contributed by atoms with E-state index in [1.54, 1.807) is 12.1 Å². The highest BCUT2D eigenvalue weighted by molar-refractivity contribution is 8.93. The number of phenolic OH excluding ortho intramolecular Hbond substituents is 2. The molecule has 168 valence electrons. The summed E-state index contributed by atoms with van der Waals surface area (Å²) >= 11 is 0. The highest BCUT2D eigenvalue weighted by atomic mass is 79.9. The number of phenols is 2. The van der Waals surface area contributed by atoms with Gasteiger partial charge in [-0.15, -0.1) is 34.0 Å². The first-order chi connectivity index (χ1) is 13.7. The van der Waals surface area contributed by atoms with Crippen molar-refractivity contribution in [2.75, 3.05) is 26.2 Å². The topological polar surface area (TPSA) is 64.5 Å². The molecule has 0 amide bonds. The van der Waals surface area contributed by atoms with Crippen LogP contribution in [0.4, 0.5) is 0 Å². The lowest BCUT2D eigenvalue weighted by Crippen LogP contribution is -2.31. The molecule has 0 unspecified atom stereocenters. The van der Waals surface area contributed by atoms with E-state index in [1.807, 2.05) is 6.07 Å². The van der Waals surface area contributed by atoms with Crippen molar-refractivity contribution in [3.8, 4) is 11.5 Å². The smallest absolute Gasteiger partial charge is 0.157 e. The second-order valence-corrected chi connectivity index (χ2v) is 8.10. The van der Waals surface area contributed by atoms with Gasteiger partial charge in [0.05, 0.1) is 0 Å². The summed E-state index contributed by atoms with van der Waals surface area (Å²) in [5.41, 5.74) is 2.46. The summed E-state index contributed by atoms with van der Waals surface area (Å²) in [6.45, 7) is 4.21. The van der Waals surface area contributed by atoms with Gasteiger partial charge in [-0.25, -0.2) is 0 Å². The average molecular weight is 544 g/mol. The van der Waals surface area contributed by atoms with E-state index in [-0.39, 0.29) is 45.5 Å². The third-order valence-electron chi connectivity index (χ3n) is 5.90. The number of hydrogen-bond acceptors (Lipinski definition) is 4. The molecule has 3 rings (SSSR count). The number of halogens is 2. The first-order valence-electron chi connectivity index (χ1n) is 10.7. The van der Waals surface area contributed by atoms with Crippen molar-refractivity contribution in [2.24, 2.45) is 11.8 Å². The molecule has 2 aromatic carbocycles. The maximum Gasteiger partial charge on any atom is 0.157 e. The van der Waals surface area contributed by atoms with Crippen LogP contribution in [0, 0.1) is 11.8 Å². The molecule has 0 saturated heterocycles. The van der Waals surface area contributed by atoms with Crippen molar-refractivity contribution < 1.29 is 10.2 Å². The van der Waals surface area contributed by atoms with Crippen molar-refractivity contribution in [3.63, 3.8) is 0 Å². The average Bonchev–Trinajstić information content (AvgIpc) is 2.73. The lowest BCUT2D eigenvalue weighted by molar-refractivity contribution is 0.262. The molecule has 4 nitrogen and oxygen atoms in total. The molecule has 4 N–H and O–H groups in total. The van der Waals surface area contributed by atoms with E-state index >= 15 is 0 Å². The normalized spacial score (nSPS) is 18.3. The lowest BCUT2D eigenvalue weighted by Gasteiger charge is -2.29. The Bertz CT molecular complexity index is 708. The van der Waals surface area contributed by atoms with E-state index < -0.39 is 0 Å². The second kappa shape index (κ2) is 14.8. The lowest BCUT2D eigenvalue weighted by atomic mass is 9.82. The third-order valence-corrected chi connectivity index (χ3v) is 5.90. The van der Waals surface area contributed by atoms with Crippen LogP contribution in [-0.2, 0) is 12.8 Å². The van der Waals surface area contributed by atoms with Crippen LogP contribution in [0.15, 0.2) is 48.5 Å². The first-order valence-corrected chi connectivity index (χ1v) is 10.7. The molecule has 1 aliphatic rings. The van der Waals surface area contributed by atoms with E-state index in [4.69, 9.17) is 0 Å². The van der Waals surface area contributed by atoms with E-state index in [0.29, 0.717) is 0 Å². The molecule has 1 aliphatic carbocycles. The predicted octanol–water partition coefficient (Wildman–Crippen LogP) is 5.02. The van der Waals surface area contributed by atoms with Gasteiger partial charge in [0.1, 0.15) is 0 Å². The van der Waals surface area contributed by atoms with Crippen molar-refractivity contribution in [1.82, 2.24) is 10.6 Å². The number of hydrogen-bond donors (Lipinski definition) is 4. The summed E-state index contributed by atoms with van der Waals surface area (Å²) in [7, 11) is 0. The SMILES string of the molecule is Br.Br.Oc1ccc(CCNCC2CCC(CNCCc3ccccc3)CC2)cc1O. The highest BCUT2D eigenvalue weighted by Gasteiger charge is 2.20. The first kappa shape index (κ1) is 27.0. The molecule has 2 aromatic rings. The van der Waals surface area contributed by atoms with Gasteiger partial charge in [0.15, 0.2) is 11.5 Å². The molecule has 0 aliphatic heterocycles. The fraction of sp³-hybridized carbons (Fsp3) is 0.500. The summed E-state index contributed by atoms with van der Waals surface area (Å²) in [4.78, 5) is 0. The van der Waals surface area contributed by atoms with Crippen LogP contribution in [-0.4, -0.2) is 36.4 Å². The monoisotopic (exact) mass is 542 g/mol. The van der Waals surface area contributed by atoms with E-state index in [2.05, 4.69) is 41.0 Å². The predicted molar refractivity (Wildman–Crippen MR) is 135 cm³/mol. The minimum absolute atomic E-state index is 0. The molecule has 0 spiro atoms. The minimum atomic E-state index is -0.0528. The van der Waals surface area contributed by atoms with Gasteiger partial charge in [0, 0.05) is 0 Å². The Balaban J connectivity index is 0.00000225. The van der Waals surface area contributed by atoms with Crippen LogP contribution < -0.4 is 10.6 Å². The molecule has 0 atom stereocenters. The van der Waals surface area contributed by atoms with E-state index in [9.17, 15) is 10.2 Å². The number of nitrogens with one attached hydrogen (secondary N) is 2. The van der Waals surface area contributed by atoms with Gasteiger partial charge in [0.2, 0.25) is 0 Å². The van der Waals surface area contributed by atoms with Crippen molar-refractivity contribution in [3.05, 3.63) is 59.7 Å². The minimum Gasteiger partial charge on any atom is -0.504 e. The van der Waals surface area contributed by atoms with Crippen molar-refractivity contribution in [1.29, 1.82) is 0 Å². The molecule has 0 bridgehead atoms. The van der Waals surface area contributed by atoms with Crippen LogP contribution in [0.1, 0.15) is 36.8 Å². The molecule has 30 heavy (non-hydrogen) atoms. The molecule has 1 fully saturated rings. The van der Waals surface area contributed by atoms with Crippen LogP contribution in [0.3, 0.4) is 0 Å². The zero-order chi connectivity index (χ0) is 19.6. The van der Waals surface area contributed by atoms with Gasteiger partial charge >= 0.3 is 0 Å². The van der Waals surface area contributed by atoms with Crippen LogP contribution >= 0.6 is 34.0 Å². The Morgan fingerprint density at radius 1 is 0.667 bits per heavy atom. The number of aromatic hydroxyl groups is 2. The van der Waals surface area contributed by atoms with Gasteiger partial charge in [-0.2, -0.15) is 0 Å². The van der Waals surface area contributed by atoms with E-state index in [1.165, 1.54) is 31.2 Å². The van der Waals surface area contributed by atoms with Crippen LogP contribution in [0.2, 0.25) is 0 Å². The number of rotatable bonds is 10. The molecule has 6 heteroatoms. The number of benzene rings is 2. The molecular weight excluding hydrogens is 508 g/mol.